The van der Waals surface area contributed by atoms with Crippen LogP contribution in [-0.4, -0.2) is 46.3 Å². The van der Waals surface area contributed by atoms with E-state index < -0.39 is 35.1 Å². The number of nitrogens with one attached hydrogen (secondary N) is 1. The molecule has 1 aromatic heterocycles. The van der Waals surface area contributed by atoms with Gasteiger partial charge in [-0.15, -0.1) is 11.3 Å². The average molecular weight is 869 g/mol. The van der Waals surface area contributed by atoms with Crippen LogP contribution in [0.5, 0.6) is 0 Å². The quantitative estimate of drug-likeness (QED) is 0.0373. The molecule has 2 N–H and O–H groups in total. The number of hydrogen-bond donors (Lipinski definition) is 2. The van der Waals surface area contributed by atoms with E-state index in [1.54, 1.807) is 12.3 Å². The van der Waals surface area contributed by atoms with Crippen LogP contribution in [0.15, 0.2) is 209 Å². The summed E-state index contributed by atoms with van der Waals surface area (Å²) in [5.41, 5.74) is 3.74. The van der Waals surface area contributed by atoms with Gasteiger partial charge in [-0.25, -0.2) is 14.8 Å². The van der Waals surface area contributed by atoms with Crippen LogP contribution in [0.2, 0.25) is 0 Å². The van der Waals surface area contributed by atoms with E-state index in [1.165, 1.54) is 18.4 Å². The number of aromatic nitrogens is 1. The number of carbonyl (C=O) groups excluding carboxylic acids is 1. The van der Waals surface area contributed by atoms with Gasteiger partial charge >= 0.3 is 11.9 Å². The SMILES string of the molecule is COC1=C(C)N=C(C(OCc2ccccc2)(ON=C(C(=O)O)c2csc(NC(c3ccccc3)(c3ccccc3)c3ccccc3)n2)OC(c2ccccc2)c2ccccc2)CC1=O. The third kappa shape index (κ3) is 9.30. The highest BCUT2D eigenvalue weighted by Gasteiger charge is 2.48. The van der Waals surface area contributed by atoms with E-state index in [4.69, 9.17) is 29.0 Å². The summed E-state index contributed by atoms with van der Waals surface area (Å²) in [5.74, 6) is -4.16. The van der Waals surface area contributed by atoms with Crippen LogP contribution in [-0.2, 0) is 40.8 Å². The van der Waals surface area contributed by atoms with Crippen molar-refractivity contribution in [2.24, 2.45) is 10.1 Å². The lowest BCUT2D eigenvalue weighted by Gasteiger charge is -2.36. The van der Waals surface area contributed by atoms with Crippen molar-refractivity contribution in [3.8, 4) is 0 Å². The number of carboxylic acid groups (broad SMARTS) is 1. The third-order valence-electron chi connectivity index (χ3n) is 10.6. The molecule has 8 rings (SSSR count). The van der Waals surface area contributed by atoms with Crippen molar-refractivity contribution in [3.05, 3.63) is 238 Å². The Balaban J connectivity index is 1.26. The molecule has 1 aliphatic rings. The number of aliphatic carboxylic acids is 1. The average Bonchev–Trinajstić information content (AvgIpc) is 3.80. The third-order valence-corrected chi connectivity index (χ3v) is 11.4. The molecule has 0 spiro atoms. The molecule has 7 aromatic rings. The molecule has 0 amide bonds. The number of rotatable bonds is 18. The van der Waals surface area contributed by atoms with Gasteiger partial charge < -0.3 is 24.7 Å². The highest BCUT2D eigenvalue weighted by atomic mass is 32.1. The van der Waals surface area contributed by atoms with Crippen molar-refractivity contribution in [1.82, 2.24) is 4.98 Å². The second-order valence-electron chi connectivity index (χ2n) is 14.8. The number of thiazole rings is 1. The van der Waals surface area contributed by atoms with Gasteiger partial charge in [0.2, 0.25) is 11.5 Å². The van der Waals surface area contributed by atoms with E-state index in [0.29, 0.717) is 16.3 Å². The van der Waals surface area contributed by atoms with Crippen molar-refractivity contribution in [1.29, 1.82) is 0 Å². The first-order valence-corrected chi connectivity index (χ1v) is 21.4. The lowest BCUT2D eigenvalue weighted by atomic mass is 9.77. The number of anilines is 1. The Labute approximate surface area is 375 Å². The molecule has 12 heteroatoms. The lowest BCUT2D eigenvalue weighted by molar-refractivity contribution is -0.353. The van der Waals surface area contributed by atoms with E-state index in [2.05, 4.69) is 10.5 Å². The zero-order valence-corrected chi connectivity index (χ0v) is 35.9. The summed E-state index contributed by atoms with van der Waals surface area (Å²) in [5, 5.41) is 20.9. The molecule has 0 radical (unpaired) electrons. The van der Waals surface area contributed by atoms with Crippen LogP contribution in [0, 0.1) is 0 Å². The Hall–Kier alpha value is -7.51. The van der Waals surface area contributed by atoms with Gasteiger partial charge in [0.05, 0.1) is 25.8 Å². The van der Waals surface area contributed by atoms with Crippen LogP contribution in [0.4, 0.5) is 5.13 Å². The Kier molecular flexibility index (Phi) is 13.3. The number of allylic oxidation sites excluding steroid dienone is 2. The summed E-state index contributed by atoms with van der Waals surface area (Å²) in [4.78, 5) is 43.0. The summed E-state index contributed by atoms with van der Waals surface area (Å²) in [6.07, 6.45) is -1.24. The molecule has 0 aliphatic carbocycles. The minimum Gasteiger partial charge on any atom is -0.491 e. The molecule has 320 valence electrons. The number of methoxy groups -OCH3 is 1. The molecule has 11 nitrogen and oxygen atoms in total. The van der Waals surface area contributed by atoms with Crippen LogP contribution in [0.25, 0.3) is 0 Å². The topological polar surface area (TPSA) is 141 Å². The molecule has 1 atom stereocenters. The number of nitrogens with zero attached hydrogens (tertiary/aromatic N) is 3. The summed E-state index contributed by atoms with van der Waals surface area (Å²) >= 11 is 1.21. The van der Waals surface area contributed by atoms with E-state index in [9.17, 15) is 14.7 Å². The maximum Gasteiger partial charge on any atom is 0.393 e. The molecule has 1 unspecified atom stereocenters. The van der Waals surface area contributed by atoms with Crippen LogP contribution >= 0.6 is 11.3 Å². The predicted octanol–water partition coefficient (Wildman–Crippen LogP) is 10.3. The van der Waals surface area contributed by atoms with Crippen molar-refractivity contribution < 1.29 is 33.7 Å². The zero-order chi connectivity index (χ0) is 44.4. The van der Waals surface area contributed by atoms with E-state index >= 15 is 0 Å². The lowest BCUT2D eigenvalue weighted by Crippen LogP contribution is -2.49. The molecular formula is C52H44N4O7S. The maximum atomic E-state index is 13.7. The van der Waals surface area contributed by atoms with Gasteiger partial charge in [0.15, 0.2) is 10.9 Å². The van der Waals surface area contributed by atoms with Crippen LogP contribution < -0.4 is 5.32 Å². The molecule has 0 saturated carbocycles. The molecule has 0 saturated heterocycles. The molecule has 0 fully saturated rings. The largest absolute Gasteiger partial charge is 0.491 e. The standard InChI is InChI=1S/C52H44N4O7S/c1-36-47(60-2)44(57)33-45(53-36)52(61-34-37-21-9-3-10-22-37,62-48(38-23-11-4-12-24-38)39-25-13-5-14-26-39)63-56-46(49(58)59)43-35-64-50(54-43)55-51(40-27-15-6-16-28-40,41-29-17-7-18-30-41)42-31-19-8-20-32-42/h3-32,35,48H,33-34H2,1-2H3,(H,54,55)(H,58,59). The molecular weight excluding hydrogens is 825 g/mol. The van der Waals surface area contributed by atoms with E-state index in [1.807, 2.05) is 182 Å². The Morgan fingerprint density at radius 3 is 1.70 bits per heavy atom. The highest BCUT2D eigenvalue weighted by molar-refractivity contribution is 7.14. The predicted molar refractivity (Wildman–Crippen MR) is 247 cm³/mol. The van der Waals surface area contributed by atoms with Gasteiger partial charge in [0, 0.05) is 5.38 Å². The first-order valence-electron chi connectivity index (χ1n) is 20.5. The number of carboxylic acids is 1. The van der Waals surface area contributed by atoms with Gasteiger partial charge in [0.25, 0.3) is 0 Å². The monoisotopic (exact) mass is 868 g/mol. The number of benzene rings is 6. The fraction of sp³-hybridized carbons (Fsp3) is 0.135. The Morgan fingerprint density at radius 2 is 1.23 bits per heavy atom. The fourth-order valence-electron chi connectivity index (χ4n) is 7.63. The Bertz CT molecular complexity index is 2630. The Morgan fingerprint density at radius 1 is 0.750 bits per heavy atom. The van der Waals surface area contributed by atoms with E-state index in [0.717, 1.165) is 22.3 Å². The number of ether oxygens (including phenoxy) is 3. The second-order valence-corrected chi connectivity index (χ2v) is 15.6. The van der Waals surface area contributed by atoms with Gasteiger partial charge in [-0.2, -0.15) is 0 Å². The molecule has 1 aliphatic heterocycles. The smallest absolute Gasteiger partial charge is 0.393 e. The molecule has 6 aromatic carbocycles. The van der Waals surface area contributed by atoms with Crippen molar-refractivity contribution >= 4 is 39.6 Å². The van der Waals surface area contributed by atoms with Gasteiger partial charge in [-0.1, -0.05) is 187 Å². The second kappa shape index (κ2) is 19.7. The summed E-state index contributed by atoms with van der Waals surface area (Å²) < 4.78 is 19.1. The van der Waals surface area contributed by atoms with Crippen LogP contribution in [0.1, 0.15) is 58.5 Å². The first-order chi connectivity index (χ1) is 31.3. The maximum absolute atomic E-state index is 13.7. The highest BCUT2D eigenvalue weighted by Crippen LogP contribution is 2.41. The summed E-state index contributed by atoms with van der Waals surface area (Å²) in [7, 11) is 1.40. The van der Waals surface area contributed by atoms with Crippen molar-refractivity contribution in [2.75, 3.05) is 12.4 Å². The van der Waals surface area contributed by atoms with Gasteiger partial charge in [-0.05, 0) is 40.3 Å². The fourth-order valence-corrected chi connectivity index (χ4v) is 8.38. The molecule has 2 heterocycles. The summed E-state index contributed by atoms with van der Waals surface area (Å²) in [6, 6.07) is 58.1. The zero-order valence-electron chi connectivity index (χ0n) is 35.0. The number of Topliss-reactive ketones (excluding diaryl/α,β-unsaturated/α-hetero) is 1. The number of hydrogen-bond acceptors (Lipinski definition) is 11. The number of ketones is 1. The number of oxime groups is 1. The minimum absolute atomic E-state index is 0.00196. The van der Waals surface area contributed by atoms with Crippen molar-refractivity contribution in [3.63, 3.8) is 0 Å². The van der Waals surface area contributed by atoms with Gasteiger partial charge in [0.1, 0.15) is 23.0 Å². The van der Waals surface area contributed by atoms with Crippen molar-refractivity contribution in [2.45, 2.75) is 37.6 Å². The minimum atomic E-state index is -2.39. The normalized spacial score (nSPS) is 14.1. The number of carbonyl (C=O) groups is 2. The van der Waals surface area contributed by atoms with E-state index in [-0.39, 0.29) is 35.9 Å². The summed E-state index contributed by atoms with van der Waals surface area (Å²) in [6.45, 7) is 1.52. The molecule has 0 bridgehead atoms. The first kappa shape index (κ1) is 43.2. The van der Waals surface area contributed by atoms with Crippen LogP contribution in [0.3, 0.4) is 0 Å². The molecule has 64 heavy (non-hydrogen) atoms. The van der Waals surface area contributed by atoms with Gasteiger partial charge in [-0.3, -0.25) is 9.53 Å². The number of aliphatic imine (C=N–C) groups is 1.